The Bertz CT molecular complexity index is 339. The second-order valence-electron chi connectivity index (χ2n) is 3.12. The third-order valence-corrected chi connectivity index (χ3v) is 1.89. The van der Waals surface area contributed by atoms with Crippen LogP contribution in [0.5, 0.6) is 5.75 Å². The summed E-state index contributed by atoms with van der Waals surface area (Å²) in [5.74, 6) is 0.528. The Morgan fingerprint density at radius 1 is 1.31 bits per heavy atom. The van der Waals surface area contributed by atoms with E-state index in [2.05, 4.69) is 5.32 Å². The Morgan fingerprint density at radius 3 is 2.81 bits per heavy atom. The van der Waals surface area contributed by atoms with Gasteiger partial charge in [-0.25, -0.2) is 0 Å². The average molecular weight is 223 g/mol. The van der Waals surface area contributed by atoms with Crippen LogP contribution in [0.2, 0.25) is 0 Å². The van der Waals surface area contributed by atoms with Crippen molar-refractivity contribution in [3.8, 4) is 5.75 Å². The predicted molar refractivity (Wildman–Crippen MR) is 62.7 cm³/mol. The quantitative estimate of drug-likeness (QED) is 0.750. The van der Waals surface area contributed by atoms with Crippen LogP contribution in [0, 0.1) is 0 Å². The van der Waals surface area contributed by atoms with Crippen LogP contribution in [0.25, 0.3) is 0 Å². The van der Waals surface area contributed by atoms with Crippen LogP contribution in [0.1, 0.15) is 13.8 Å². The van der Waals surface area contributed by atoms with E-state index in [1.54, 1.807) is 6.92 Å². The van der Waals surface area contributed by atoms with Gasteiger partial charge in [-0.1, -0.05) is 6.07 Å². The molecule has 1 aromatic carbocycles. The van der Waals surface area contributed by atoms with Gasteiger partial charge in [0.25, 0.3) is 0 Å². The monoisotopic (exact) mass is 223 g/mol. The van der Waals surface area contributed by atoms with Gasteiger partial charge in [-0.15, -0.1) is 0 Å². The summed E-state index contributed by atoms with van der Waals surface area (Å²) in [6, 6.07) is 7.47. The summed E-state index contributed by atoms with van der Waals surface area (Å²) in [5, 5.41) is 2.97. The van der Waals surface area contributed by atoms with Crippen molar-refractivity contribution in [3.05, 3.63) is 24.3 Å². The minimum Gasteiger partial charge on any atom is -0.494 e. The van der Waals surface area contributed by atoms with Crippen molar-refractivity contribution >= 4 is 11.7 Å². The molecule has 0 bridgehead atoms. The lowest BCUT2D eigenvalue weighted by atomic mass is 10.3. The van der Waals surface area contributed by atoms with Crippen LogP contribution in [-0.4, -0.2) is 25.7 Å². The van der Waals surface area contributed by atoms with Gasteiger partial charge in [0.1, 0.15) is 12.3 Å². The standard InChI is InChI=1S/C12H17NO3/c1-3-15-11-7-5-6-10(8-11)13-9-12(14)16-4-2/h5-8,13H,3-4,9H2,1-2H3. The molecule has 0 aliphatic rings. The van der Waals surface area contributed by atoms with Crippen LogP contribution >= 0.6 is 0 Å². The minimum atomic E-state index is -0.260. The van der Waals surface area contributed by atoms with Gasteiger partial charge in [0.05, 0.1) is 13.2 Å². The fraction of sp³-hybridized carbons (Fsp3) is 0.417. The van der Waals surface area contributed by atoms with Gasteiger partial charge >= 0.3 is 5.97 Å². The number of carbonyl (C=O) groups is 1. The maximum absolute atomic E-state index is 11.1. The van der Waals surface area contributed by atoms with E-state index < -0.39 is 0 Å². The highest BCUT2D eigenvalue weighted by atomic mass is 16.5. The highest BCUT2D eigenvalue weighted by Crippen LogP contribution is 2.16. The number of nitrogens with one attached hydrogen (secondary N) is 1. The maximum atomic E-state index is 11.1. The van der Waals surface area contributed by atoms with Crippen LogP contribution in [0.3, 0.4) is 0 Å². The number of benzene rings is 1. The van der Waals surface area contributed by atoms with E-state index in [4.69, 9.17) is 9.47 Å². The number of rotatable bonds is 6. The summed E-state index contributed by atoms with van der Waals surface area (Å²) in [6.07, 6.45) is 0. The van der Waals surface area contributed by atoms with Crippen molar-refractivity contribution in [2.45, 2.75) is 13.8 Å². The second kappa shape index (κ2) is 6.71. The smallest absolute Gasteiger partial charge is 0.325 e. The average Bonchev–Trinajstić information content (AvgIpc) is 2.28. The molecule has 1 N–H and O–H groups in total. The summed E-state index contributed by atoms with van der Waals surface area (Å²) >= 11 is 0. The molecule has 0 saturated carbocycles. The van der Waals surface area contributed by atoms with E-state index in [1.165, 1.54) is 0 Å². The normalized spacial score (nSPS) is 9.62. The van der Waals surface area contributed by atoms with Gasteiger partial charge < -0.3 is 14.8 Å². The lowest BCUT2D eigenvalue weighted by molar-refractivity contribution is -0.140. The maximum Gasteiger partial charge on any atom is 0.325 e. The molecule has 88 valence electrons. The summed E-state index contributed by atoms with van der Waals surface area (Å²) in [5.41, 5.74) is 0.846. The number of hydrogen-bond acceptors (Lipinski definition) is 4. The van der Waals surface area contributed by atoms with E-state index >= 15 is 0 Å². The number of hydrogen-bond donors (Lipinski definition) is 1. The first-order valence-electron chi connectivity index (χ1n) is 5.38. The molecule has 4 nitrogen and oxygen atoms in total. The van der Waals surface area contributed by atoms with Crippen molar-refractivity contribution in [2.75, 3.05) is 25.1 Å². The summed E-state index contributed by atoms with van der Waals surface area (Å²) in [6.45, 7) is 4.91. The van der Waals surface area contributed by atoms with E-state index in [0.717, 1.165) is 11.4 Å². The zero-order valence-electron chi connectivity index (χ0n) is 9.66. The lowest BCUT2D eigenvalue weighted by Gasteiger charge is -2.08. The van der Waals surface area contributed by atoms with E-state index in [0.29, 0.717) is 13.2 Å². The molecule has 0 amide bonds. The molecule has 1 rings (SSSR count). The highest BCUT2D eigenvalue weighted by molar-refractivity contribution is 5.75. The third kappa shape index (κ3) is 4.21. The molecule has 0 heterocycles. The van der Waals surface area contributed by atoms with Crippen molar-refractivity contribution < 1.29 is 14.3 Å². The Kier molecular flexibility index (Phi) is 5.19. The molecule has 0 atom stereocenters. The van der Waals surface area contributed by atoms with Crippen molar-refractivity contribution in [2.24, 2.45) is 0 Å². The number of ether oxygens (including phenoxy) is 2. The predicted octanol–water partition coefficient (Wildman–Crippen LogP) is 2.06. The molecule has 0 radical (unpaired) electrons. The molecule has 0 aliphatic heterocycles. The fourth-order valence-electron chi connectivity index (χ4n) is 1.25. The number of anilines is 1. The molecule has 0 aromatic heterocycles. The first-order valence-corrected chi connectivity index (χ1v) is 5.38. The first kappa shape index (κ1) is 12.4. The summed E-state index contributed by atoms with van der Waals surface area (Å²) < 4.78 is 10.2. The Hall–Kier alpha value is -1.71. The Morgan fingerprint density at radius 2 is 2.12 bits per heavy atom. The van der Waals surface area contributed by atoms with Crippen molar-refractivity contribution in [3.63, 3.8) is 0 Å². The topological polar surface area (TPSA) is 47.6 Å². The molecule has 0 fully saturated rings. The Balaban J connectivity index is 2.47. The molecule has 1 aromatic rings. The fourth-order valence-corrected chi connectivity index (χ4v) is 1.25. The van der Waals surface area contributed by atoms with Gasteiger partial charge in [0.15, 0.2) is 0 Å². The van der Waals surface area contributed by atoms with E-state index in [-0.39, 0.29) is 12.5 Å². The van der Waals surface area contributed by atoms with Gasteiger partial charge in [0.2, 0.25) is 0 Å². The lowest BCUT2D eigenvalue weighted by Crippen LogP contribution is -2.16. The zero-order chi connectivity index (χ0) is 11.8. The number of carbonyl (C=O) groups excluding carboxylic acids is 1. The van der Waals surface area contributed by atoms with Crippen LogP contribution in [0.4, 0.5) is 5.69 Å². The van der Waals surface area contributed by atoms with Crippen molar-refractivity contribution in [1.82, 2.24) is 0 Å². The molecule has 0 spiro atoms. The largest absolute Gasteiger partial charge is 0.494 e. The molecular formula is C12H17NO3. The highest BCUT2D eigenvalue weighted by Gasteiger charge is 2.01. The molecule has 16 heavy (non-hydrogen) atoms. The van der Waals surface area contributed by atoms with Crippen molar-refractivity contribution in [1.29, 1.82) is 0 Å². The first-order chi connectivity index (χ1) is 7.76. The SMILES string of the molecule is CCOC(=O)CNc1cccc(OCC)c1. The Labute approximate surface area is 95.6 Å². The minimum absolute atomic E-state index is 0.170. The molecule has 0 unspecified atom stereocenters. The van der Waals surface area contributed by atoms with Gasteiger partial charge in [-0.3, -0.25) is 4.79 Å². The van der Waals surface area contributed by atoms with Crippen LogP contribution in [-0.2, 0) is 9.53 Å². The van der Waals surface area contributed by atoms with Crippen LogP contribution in [0.15, 0.2) is 24.3 Å². The van der Waals surface area contributed by atoms with E-state index in [9.17, 15) is 4.79 Å². The van der Waals surface area contributed by atoms with Gasteiger partial charge in [0, 0.05) is 11.8 Å². The zero-order valence-corrected chi connectivity index (χ0v) is 9.66. The molecular weight excluding hydrogens is 206 g/mol. The number of esters is 1. The molecule has 0 aliphatic carbocycles. The molecule has 4 heteroatoms. The molecule has 0 saturated heterocycles. The van der Waals surface area contributed by atoms with Gasteiger partial charge in [-0.05, 0) is 26.0 Å². The second-order valence-corrected chi connectivity index (χ2v) is 3.12. The summed E-state index contributed by atoms with van der Waals surface area (Å²) in [7, 11) is 0. The third-order valence-electron chi connectivity index (χ3n) is 1.89. The van der Waals surface area contributed by atoms with Gasteiger partial charge in [-0.2, -0.15) is 0 Å². The van der Waals surface area contributed by atoms with E-state index in [1.807, 2.05) is 31.2 Å². The summed E-state index contributed by atoms with van der Waals surface area (Å²) in [4.78, 5) is 11.1. The van der Waals surface area contributed by atoms with Crippen LogP contribution < -0.4 is 10.1 Å².